The molecule has 3 nitrogen and oxygen atoms in total. The first-order valence-electron chi connectivity index (χ1n) is 8.47. The van der Waals surface area contributed by atoms with Gasteiger partial charge in [-0.1, -0.05) is 37.5 Å². The Morgan fingerprint density at radius 1 is 1.24 bits per heavy atom. The summed E-state index contributed by atoms with van der Waals surface area (Å²) in [5.74, 6) is 0.846. The SMILES string of the molecule is CCn1nc(CN[C@@H](C)C2CCCCC2)c2ccccc21. The molecule has 114 valence electrons. The third-order valence-electron chi connectivity index (χ3n) is 4.98. The Balaban J connectivity index is 1.70. The zero-order chi connectivity index (χ0) is 14.7. The van der Waals surface area contributed by atoms with Crippen molar-refractivity contribution in [2.75, 3.05) is 0 Å². The van der Waals surface area contributed by atoms with Crippen molar-refractivity contribution in [2.45, 2.75) is 65.1 Å². The van der Waals surface area contributed by atoms with Crippen LogP contribution in [0.15, 0.2) is 24.3 Å². The molecule has 0 bridgehead atoms. The zero-order valence-electron chi connectivity index (χ0n) is 13.3. The van der Waals surface area contributed by atoms with Crippen LogP contribution in [0.2, 0.25) is 0 Å². The molecule has 1 aromatic carbocycles. The fourth-order valence-electron chi connectivity index (χ4n) is 3.63. The number of rotatable bonds is 5. The summed E-state index contributed by atoms with van der Waals surface area (Å²) in [6, 6.07) is 9.16. The van der Waals surface area contributed by atoms with Crippen LogP contribution in [0.1, 0.15) is 51.6 Å². The first-order valence-corrected chi connectivity index (χ1v) is 8.47. The van der Waals surface area contributed by atoms with Crippen LogP contribution in [0, 0.1) is 5.92 Å². The lowest BCUT2D eigenvalue weighted by Gasteiger charge is -2.28. The average molecular weight is 285 g/mol. The van der Waals surface area contributed by atoms with Gasteiger partial charge >= 0.3 is 0 Å². The molecule has 21 heavy (non-hydrogen) atoms. The van der Waals surface area contributed by atoms with Gasteiger partial charge in [-0.3, -0.25) is 4.68 Å². The Labute approximate surface area is 127 Å². The van der Waals surface area contributed by atoms with Gasteiger partial charge in [0, 0.05) is 24.5 Å². The van der Waals surface area contributed by atoms with Crippen molar-refractivity contribution in [3.63, 3.8) is 0 Å². The van der Waals surface area contributed by atoms with Gasteiger partial charge < -0.3 is 5.32 Å². The molecule has 1 heterocycles. The summed E-state index contributed by atoms with van der Waals surface area (Å²) in [7, 11) is 0. The molecule has 0 unspecified atom stereocenters. The van der Waals surface area contributed by atoms with Gasteiger partial charge in [0.2, 0.25) is 0 Å². The predicted molar refractivity (Wildman–Crippen MR) is 88.3 cm³/mol. The molecule has 0 amide bonds. The molecular weight excluding hydrogens is 258 g/mol. The quantitative estimate of drug-likeness (QED) is 0.895. The van der Waals surface area contributed by atoms with Crippen molar-refractivity contribution in [2.24, 2.45) is 5.92 Å². The number of benzene rings is 1. The Bertz CT molecular complexity index is 581. The standard InChI is InChI=1S/C18H27N3/c1-3-21-18-12-8-7-11-16(18)17(20-21)13-19-14(2)15-9-5-4-6-10-15/h7-8,11-12,14-15,19H,3-6,9-10,13H2,1-2H3/t14-/m0/s1. The number of nitrogens with one attached hydrogen (secondary N) is 1. The lowest BCUT2D eigenvalue weighted by molar-refractivity contribution is 0.280. The Morgan fingerprint density at radius 3 is 2.76 bits per heavy atom. The van der Waals surface area contributed by atoms with Crippen molar-refractivity contribution < 1.29 is 0 Å². The molecule has 2 aromatic rings. The van der Waals surface area contributed by atoms with Gasteiger partial charge in [0.1, 0.15) is 0 Å². The first kappa shape index (κ1) is 14.6. The van der Waals surface area contributed by atoms with Crippen molar-refractivity contribution in [1.82, 2.24) is 15.1 Å². The van der Waals surface area contributed by atoms with Gasteiger partial charge in [-0.2, -0.15) is 5.10 Å². The van der Waals surface area contributed by atoms with Crippen LogP contribution in [0.4, 0.5) is 0 Å². The van der Waals surface area contributed by atoms with E-state index in [-0.39, 0.29) is 0 Å². The summed E-state index contributed by atoms with van der Waals surface area (Å²) in [6.45, 7) is 6.31. The number of hydrogen-bond donors (Lipinski definition) is 1. The Hall–Kier alpha value is -1.35. The maximum absolute atomic E-state index is 4.78. The minimum atomic E-state index is 0.593. The average Bonchev–Trinajstić information content (AvgIpc) is 2.91. The van der Waals surface area contributed by atoms with E-state index in [1.807, 2.05) is 0 Å². The zero-order valence-corrected chi connectivity index (χ0v) is 13.3. The van der Waals surface area contributed by atoms with E-state index in [1.54, 1.807) is 0 Å². The minimum absolute atomic E-state index is 0.593. The van der Waals surface area contributed by atoms with Gasteiger partial charge in [0.05, 0.1) is 11.2 Å². The van der Waals surface area contributed by atoms with Crippen LogP contribution in [-0.2, 0) is 13.1 Å². The van der Waals surface area contributed by atoms with E-state index in [4.69, 9.17) is 5.10 Å². The Morgan fingerprint density at radius 2 is 2.00 bits per heavy atom. The fraction of sp³-hybridized carbons (Fsp3) is 0.611. The smallest absolute Gasteiger partial charge is 0.0841 e. The number of aromatic nitrogens is 2. The topological polar surface area (TPSA) is 29.9 Å². The van der Waals surface area contributed by atoms with Crippen molar-refractivity contribution in [1.29, 1.82) is 0 Å². The largest absolute Gasteiger partial charge is 0.308 e. The number of para-hydroxylation sites is 1. The molecular formula is C18H27N3. The molecule has 1 aliphatic carbocycles. The molecule has 0 spiro atoms. The molecule has 3 heteroatoms. The fourth-order valence-corrected chi connectivity index (χ4v) is 3.63. The highest BCUT2D eigenvalue weighted by Gasteiger charge is 2.20. The van der Waals surface area contributed by atoms with Crippen LogP contribution in [0.3, 0.4) is 0 Å². The number of fused-ring (bicyclic) bond motifs is 1. The van der Waals surface area contributed by atoms with Crippen molar-refractivity contribution in [3.05, 3.63) is 30.0 Å². The van der Waals surface area contributed by atoms with E-state index < -0.39 is 0 Å². The van der Waals surface area contributed by atoms with E-state index in [0.717, 1.165) is 19.0 Å². The maximum Gasteiger partial charge on any atom is 0.0841 e. The van der Waals surface area contributed by atoms with Gasteiger partial charge in [0.25, 0.3) is 0 Å². The summed E-state index contributed by atoms with van der Waals surface area (Å²) in [4.78, 5) is 0. The lowest BCUT2D eigenvalue weighted by Crippen LogP contribution is -2.34. The van der Waals surface area contributed by atoms with Gasteiger partial charge in [-0.15, -0.1) is 0 Å². The van der Waals surface area contributed by atoms with Gasteiger partial charge in [-0.25, -0.2) is 0 Å². The van der Waals surface area contributed by atoms with Crippen LogP contribution in [-0.4, -0.2) is 15.8 Å². The molecule has 0 radical (unpaired) electrons. The summed E-state index contributed by atoms with van der Waals surface area (Å²) < 4.78 is 2.11. The van der Waals surface area contributed by atoms with Gasteiger partial charge in [0.15, 0.2) is 0 Å². The van der Waals surface area contributed by atoms with Crippen LogP contribution in [0.5, 0.6) is 0 Å². The summed E-state index contributed by atoms with van der Waals surface area (Å²) in [6.07, 6.45) is 7.01. The van der Waals surface area contributed by atoms with E-state index in [1.165, 1.54) is 48.7 Å². The molecule has 1 fully saturated rings. The van der Waals surface area contributed by atoms with Crippen molar-refractivity contribution >= 4 is 10.9 Å². The number of hydrogen-bond acceptors (Lipinski definition) is 2. The second-order valence-electron chi connectivity index (χ2n) is 6.35. The number of nitrogens with zero attached hydrogens (tertiary/aromatic N) is 2. The minimum Gasteiger partial charge on any atom is -0.308 e. The first-order chi connectivity index (χ1) is 10.3. The molecule has 0 aliphatic heterocycles. The van der Waals surface area contributed by atoms with Crippen LogP contribution in [0.25, 0.3) is 10.9 Å². The second kappa shape index (κ2) is 6.61. The van der Waals surface area contributed by atoms with Gasteiger partial charge in [-0.05, 0) is 38.7 Å². The monoisotopic (exact) mass is 285 g/mol. The Kier molecular flexibility index (Phi) is 4.59. The summed E-state index contributed by atoms with van der Waals surface area (Å²) in [5, 5.41) is 9.80. The van der Waals surface area contributed by atoms with E-state index in [9.17, 15) is 0 Å². The third kappa shape index (κ3) is 3.13. The molecule has 1 aromatic heterocycles. The summed E-state index contributed by atoms with van der Waals surface area (Å²) >= 11 is 0. The summed E-state index contributed by atoms with van der Waals surface area (Å²) in [5.41, 5.74) is 2.44. The van der Waals surface area contributed by atoms with Crippen LogP contribution < -0.4 is 5.32 Å². The second-order valence-corrected chi connectivity index (χ2v) is 6.35. The highest BCUT2D eigenvalue weighted by Crippen LogP contribution is 2.26. The predicted octanol–water partition coefficient (Wildman–Crippen LogP) is 4.11. The normalized spacial score (nSPS) is 18.2. The molecule has 1 atom stereocenters. The van der Waals surface area contributed by atoms with E-state index in [2.05, 4.69) is 48.1 Å². The van der Waals surface area contributed by atoms with Crippen LogP contribution >= 0.6 is 0 Å². The molecule has 1 saturated carbocycles. The maximum atomic E-state index is 4.78. The van der Waals surface area contributed by atoms with E-state index in [0.29, 0.717) is 6.04 Å². The van der Waals surface area contributed by atoms with E-state index >= 15 is 0 Å². The van der Waals surface area contributed by atoms with Crippen molar-refractivity contribution in [3.8, 4) is 0 Å². The molecule has 0 saturated heterocycles. The highest BCUT2D eigenvalue weighted by molar-refractivity contribution is 5.81. The molecule has 1 aliphatic rings. The number of aryl methyl sites for hydroxylation is 1. The third-order valence-corrected chi connectivity index (χ3v) is 4.98. The molecule has 3 rings (SSSR count). The lowest BCUT2D eigenvalue weighted by atomic mass is 9.84. The highest BCUT2D eigenvalue weighted by atomic mass is 15.3. The molecule has 1 N–H and O–H groups in total.